The Balaban J connectivity index is 1.99. The van der Waals surface area contributed by atoms with Gasteiger partial charge < -0.3 is 29.0 Å². The summed E-state index contributed by atoms with van der Waals surface area (Å²) >= 11 is 0. The van der Waals surface area contributed by atoms with Crippen molar-refractivity contribution in [2.24, 2.45) is 0 Å². The van der Waals surface area contributed by atoms with E-state index < -0.39 is 29.3 Å². The number of nitrogens with zero attached hydrogens (tertiary/aromatic N) is 2. The fraction of sp³-hybridized carbons (Fsp3) is 0.222. The number of hydrogen-bond donors (Lipinski definition) is 1. The van der Waals surface area contributed by atoms with Gasteiger partial charge >= 0.3 is 0 Å². The van der Waals surface area contributed by atoms with Crippen LogP contribution >= 0.6 is 0 Å². The first-order valence-electron chi connectivity index (χ1n) is 11.2. The molecule has 1 atom stereocenters. The molecule has 1 N–H and O–H groups in total. The van der Waals surface area contributed by atoms with Crippen LogP contribution in [0.3, 0.4) is 0 Å². The number of aliphatic hydroxyl groups excluding tert-OH is 1. The lowest BCUT2D eigenvalue weighted by atomic mass is 9.94. The first-order valence-corrected chi connectivity index (χ1v) is 11.2. The van der Waals surface area contributed by atoms with Gasteiger partial charge in [-0.2, -0.15) is 0 Å². The predicted octanol–water partition coefficient (Wildman–Crippen LogP) is 3.88. The van der Waals surface area contributed by atoms with Crippen molar-refractivity contribution in [3.05, 3.63) is 82.9 Å². The summed E-state index contributed by atoms with van der Waals surface area (Å²) in [5, 5.41) is 11.3. The average molecular weight is 509 g/mol. The van der Waals surface area contributed by atoms with E-state index in [1.165, 1.54) is 39.4 Å². The second-order valence-electron chi connectivity index (χ2n) is 8.05. The number of ether oxygens (including phenoxy) is 4. The summed E-state index contributed by atoms with van der Waals surface area (Å²) in [6.07, 6.45) is 1.57. The largest absolute Gasteiger partial charge is 0.507 e. The number of hydrogen-bond acceptors (Lipinski definition) is 8. The third kappa shape index (κ3) is 4.65. The molecular formula is C27H25FN2O7. The van der Waals surface area contributed by atoms with E-state index in [4.69, 9.17) is 18.9 Å². The molecule has 1 unspecified atom stereocenters. The summed E-state index contributed by atoms with van der Waals surface area (Å²) in [7, 11) is 5.66. The van der Waals surface area contributed by atoms with Gasteiger partial charge in [-0.3, -0.25) is 14.6 Å². The zero-order valence-electron chi connectivity index (χ0n) is 20.6. The Bertz CT molecular complexity index is 1350. The highest BCUT2D eigenvalue weighted by Gasteiger charge is 2.47. The number of benzene rings is 2. The second-order valence-corrected chi connectivity index (χ2v) is 8.05. The predicted molar refractivity (Wildman–Crippen MR) is 131 cm³/mol. The van der Waals surface area contributed by atoms with E-state index in [2.05, 4.69) is 4.98 Å². The Hall–Kier alpha value is -4.60. The van der Waals surface area contributed by atoms with Crippen LogP contribution in [0.5, 0.6) is 23.0 Å². The summed E-state index contributed by atoms with van der Waals surface area (Å²) in [4.78, 5) is 32.2. The normalized spacial score (nSPS) is 16.6. The maximum Gasteiger partial charge on any atom is 0.296 e. The van der Waals surface area contributed by atoms with Crippen molar-refractivity contribution in [3.63, 3.8) is 0 Å². The van der Waals surface area contributed by atoms with Gasteiger partial charge in [-0.1, -0.05) is 6.07 Å². The Morgan fingerprint density at radius 2 is 1.62 bits per heavy atom. The first-order chi connectivity index (χ1) is 17.8. The lowest BCUT2D eigenvalue weighted by Crippen LogP contribution is -2.29. The molecule has 1 fully saturated rings. The Kier molecular flexibility index (Phi) is 7.28. The fourth-order valence-electron chi connectivity index (χ4n) is 4.33. The lowest BCUT2D eigenvalue weighted by Gasteiger charge is -2.26. The summed E-state index contributed by atoms with van der Waals surface area (Å²) in [5.74, 6) is -2.06. The van der Waals surface area contributed by atoms with E-state index in [0.717, 1.165) is 12.1 Å². The van der Waals surface area contributed by atoms with Crippen molar-refractivity contribution in [1.29, 1.82) is 0 Å². The molecule has 0 spiro atoms. The molecule has 0 radical (unpaired) electrons. The molecule has 1 saturated heterocycles. The molecule has 10 heteroatoms. The third-order valence-corrected chi connectivity index (χ3v) is 6.02. The van der Waals surface area contributed by atoms with Gasteiger partial charge in [0.15, 0.2) is 11.5 Å². The zero-order valence-corrected chi connectivity index (χ0v) is 20.6. The monoisotopic (exact) mass is 508 g/mol. The van der Waals surface area contributed by atoms with E-state index in [0.29, 0.717) is 17.0 Å². The SMILES string of the molecule is COc1ccc(F)cc1/C(O)=C1\C(=O)C(=O)N(Cc2ccccn2)C1c1cc(OC)c(OC)c(OC)c1. The molecule has 9 nitrogen and oxygen atoms in total. The van der Waals surface area contributed by atoms with Gasteiger partial charge in [0.05, 0.1) is 57.9 Å². The highest BCUT2D eigenvalue weighted by Crippen LogP contribution is 2.46. The van der Waals surface area contributed by atoms with Crippen LogP contribution in [-0.2, 0) is 16.1 Å². The summed E-state index contributed by atoms with van der Waals surface area (Å²) < 4.78 is 35.8. The number of amides is 1. The topological polar surface area (TPSA) is 107 Å². The highest BCUT2D eigenvalue weighted by atomic mass is 19.1. The summed E-state index contributed by atoms with van der Waals surface area (Å²) in [6.45, 7) is -0.0379. The van der Waals surface area contributed by atoms with Crippen LogP contribution in [0.4, 0.5) is 4.39 Å². The van der Waals surface area contributed by atoms with Gasteiger partial charge in [-0.05, 0) is 48.0 Å². The van der Waals surface area contributed by atoms with Crippen LogP contribution in [0.25, 0.3) is 5.76 Å². The van der Waals surface area contributed by atoms with E-state index in [1.807, 2.05) is 0 Å². The van der Waals surface area contributed by atoms with Crippen molar-refractivity contribution in [3.8, 4) is 23.0 Å². The van der Waals surface area contributed by atoms with Gasteiger partial charge in [0.1, 0.15) is 17.3 Å². The van der Waals surface area contributed by atoms with E-state index in [-0.39, 0.29) is 34.9 Å². The number of halogens is 1. The van der Waals surface area contributed by atoms with Crippen LogP contribution < -0.4 is 18.9 Å². The van der Waals surface area contributed by atoms with E-state index >= 15 is 0 Å². The van der Waals surface area contributed by atoms with Crippen LogP contribution in [-0.4, -0.2) is 55.1 Å². The van der Waals surface area contributed by atoms with Crippen LogP contribution in [0.15, 0.2) is 60.3 Å². The van der Waals surface area contributed by atoms with Crippen LogP contribution in [0.1, 0.15) is 22.9 Å². The van der Waals surface area contributed by atoms with Gasteiger partial charge in [-0.25, -0.2) is 4.39 Å². The first kappa shape index (κ1) is 25.5. The number of aromatic nitrogens is 1. The Morgan fingerprint density at radius 3 is 2.19 bits per heavy atom. The van der Waals surface area contributed by atoms with Gasteiger partial charge in [-0.15, -0.1) is 0 Å². The van der Waals surface area contributed by atoms with Crippen molar-refractivity contribution < 1.29 is 38.0 Å². The van der Waals surface area contributed by atoms with E-state index in [1.54, 1.807) is 36.5 Å². The van der Waals surface area contributed by atoms with Crippen LogP contribution in [0, 0.1) is 5.82 Å². The van der Waals surface area contributed by atoms with Crippen molar-refractivity contribution >= 4 is 17.4 Å². The molecule has 2 aromatic carbocycles. The molecule has 3 aromatic rings. The van der Waals surface area contributed by atoms with Crippen LogP contribution in [0.2, 0.25) is 0 Å². The van der Waals surface area contributed by atoms with Crippen molar-refractivity contribution in [1.82, 2.24) is 9.88 Å². The van der Waals surface area contributed by atoms with Gasteiger partial charge in [0, 0.05) is 6.20 Å². The van der Waals surface area contributed by atoms with Crippen molar-refractivity contribution in [2.75, 3.05) is 28.4 Å². The average Bonchev–Trinajstić information content (AvgIpc) is 3.17. The third-order valence-electron chi connectivity index (χ3n) is 6.02. The van der Waals surface area contributed by atoms with E-state index in [9.17, 15) is 19.1 Å². The minimum atomic E-state index is -1.09. The maximum absolute atomic E-state index is 14.2. The number of aliphatic hydroxyl groups is 1. The number of pyridine rings is 1. The maximum atomic E-state index is 14.2. The number of carbonyl (C=O) groups is 2. The number of Topliss-reactive ketones (excluding diaryl/α,β-unsaturated/α-hetero) is 1. The smallest absolute Gasteiger partial charge is 0.296 e. The molecule has 0 bridgehead atoms. The molecule has 192 valence electrons. The molecule has 2 heterocycles. The van der Waals surface area contributed by atoms with Crippen molar-refractivity contribution in [2.45, 2.75) is 12.6 Å². The molecule has 1 amide bonds. The molecule has 37 heavy (non-hydrogen) atoms. The lowest BCUT2D eigenvalue weighted by molar-refractivity contribution is -0.140. The molecule has 0 saturated carbocycles. The second kappa shape index (κ2) is 10.6. The Labute approximate surface area is 212 Å². The number of ketones is 1. The number of rotatable bonds is 8. The minimum absolute atomic E-state index is 0.0379. The number of carbonyl (C=O) groups excluding carboxylic acids is 2. The fourth-order valence-corrected chi connectivity index (χ4v) is 4.33. The molecular weight excluding hydrogens is 483 g/mol. The highest BCUT2D eigenvalue weighted by molar-refractivity contribution is 6.46. The molecule has 4 rings (SSSR count). The molecule has 1 aliphatic heterocycles. The quantitative estimate of drug-likeness (QED) is 0.278. The molecule has 1 aliphatic rings. The van der Waals surface area contributed by atoms with Gasteiger partial charge in [0.2, 0.25) is 5.75 Å². The molecule has 0 aliphatic carbocycles. The number of likely N-dealkylation sites (tertiary alicyclic amines) is 1. The zero-order chi connectivity index (χ0) is 26.7. The summed E-state index contributed by atoms with van der Waals surface area (Å²) in [5.41, 5.74) is 0.585. The molecule has 1 aromatic heterocycles. The standard InChI is InChI=1S/C27H25FN2O7/c1-34-19-9-8-16(28)13-18(19)24(31)22-23(15-11-20(35-2)26(37-4)21(12-15)36-3)30(27(33)25(22)32)14-17-7-5-6-10-29-17/h5-13,23,31H,14H2,1-4H3/b24-22+. The summed E-state index contributed by atoms with van der Waals surface area (Å²) in [6, 6.07) is 10.8. The minimum Gasteiger partial charge on any atom is -0.507 e. The Morgan fingerprint density at radius 1 is 0.946 bits per heavy atom. The number of methoxy groups -OCH3 is 4. The van der Waals surface area contributed by atoms with Gasteiger partial charge in [0.25, 0.3) is 11.7 Å².